The summed E-state index contributed by atoms with van der Waals surface area (Å²) < 4.78 is 14.3. The molecule has 0 bridgehead atoms. The Labute approximate surface area is 259 Å². The molecule has 2 fully saturated rings. The predicted octanol–water partition coefficient (Wildman–Crippen LogP) is -3.30. The molecule has 0 saturated carbocycles. The number of nitrogen functional groups attached to an aromatic ring is 2. The summed E-state index contributed by atoms with van der Waals surface area (Å²) in [5, 5.41) is 50.5. The van der Waals surface area contributed by atoms with Crippen molar-refractivity contribution in [3.63, 3.8) is 0 Å². The number of rotatable bonds is 13. The molecule has 5 heterocycles. The Morgan fingerprint density at radius 3 is 2.58 bits per heavy atom. The molecular weight excluding hydrogens is 616 g/mol. The molecule has 0 amide bonds. The van der Waals surface area contributed by atoms with Gasteiger partial charge < -0.3 is 52.2 Å². The highest BCUT2D eigenvalue weighted by Crippen LogP contribution is 2.33. The minimum Gasteiger partial charge on any atom is -0.480 e. The first-order valence-corrected chi connectivity index (χ1v) is 15.1. The van der Waals surface area contributed by atoms with Crippen molar-refractivity contribution >= 4 is 40.5 Å². The van der Waals surface area contributed by atoms with Gasteiger partial charge in [-0.15, -0.1) is 11.8 Å². The number of thioether (sulfide) groups is 1. The first kappa shape index (κ1) is 32.9. The summed E-state index contributed by atoms with van der Waals surface area (Å²) >= 11 is 1.27. The van der Waals surface area contributed by atoms with Crippen LogP contribution in [0.25, 0.3) is 11.2 Å². The zero-order chi connectivity index (χ0) is 32.4. The number of carboxylic acids is 1. The Bertz CT molecular complexity index is 1560. The third kappa shape index (κ3) is 7.03. The highest BCUT2D eigenvalue weighted by molar-refractivity contribution is 7.99. The molecule has 20 heteroatoms. The lowest BCUT2D eigenvalue weighted by molar-refractivity contribution is -0.138. The fraction of sp³-hybridized carbons (Fsp3) is 0.600. The Morgan fingerprint density at radius 2 is 1.87 bits per heavy atom. The van der Waals surface area contributed by atoms with Gasteiger partial charge in [-0.1, -0.05) is 0 Å². The summed E-state index contributed by atoms with van der Waals surface area (Å²) in [6.07, 6.45) is -2.86. The number of imidazole rings is 1. The lowest BCUT2D eigenvalue weighted by Gasteiger charge is -2.27. The zero-order valence-corrected chi connectivity index (χ0v) is 24.8. The average molecular weight is 653 g/mol. The fourth-order valence-electron chi connectivity index (χ4n) is 5.28. The third-order valence-electron chi connectivity index (χ3n) is 7.82. The minimum atomic E-state index is -1.34. The van der Waals surface area contributed by atoms with Crippen molar-refractivity contribution in [3.05, 3.63) is 29.3 Å². The van der Waals surface area contributed by atoms with Crippen LogP contribution in [-0.2, 0) is 14.3 Å². The van der Waals surface area contributed by atoms with E-state index in [1.54, 1.807) is 0 Å². The molecule has 0 unspecified atom stereocenters. The number of carbonyl (C=O) groups is 1. The van der Waals surface area contributed by atoms with Crippen LogP contribution in [0.3, 0.4) is 0 Å². The summed E-state index contributed by atoms with van der Waals surface area (Å²) in [5.41, 5.74) is 17.6. The molecule has 0 radical (unpaired) electrons. The Balaban J connectivity index is 1.27. The van der Waals surface area contributed by atoms with E-state index in [4.69, 9.17) is 26.7 Å². The van der Waals surface area contributed by atoms with Gasteiger partial charge in [0.25, 0.3) is 0 Å². The second-order valence-corrected chi connectivity index (χ2v) is 11.9. The predicted molar refractivity (Wildman–Crippen MR) is 158 cm³/mol. The first-order valence-electron chi connectivity index (χ1n) is 14.1. The van der Waals surface area contributed by atoms with Crippen molar-refractivity contribution in [2.24, 2.45) is 5.73 Å². The van der Waals surface area contributed by atoms with E-state index < -0.39 is 67.3 Å². The van der Waals surface area contributed by atoms with Crippen molar-refractivity contribution in [2.75, 3.05) is 43.5 Å². The molecule has 0 aliphatic carbocycles. The van der Waals surface area contributed by atoms with Gasteiger partial charge in [0.15, 0.2) is 17.7 Å². The molecule has 8 atom stereocenters. The summed E-state index contributed by atoms with van der Waals surface area (Å²) in [6, 6.07) is -1.12. The van der Waals surface area contributed by atoms with E-state index in [1.807, 2.05) is 4.90 Å². The van der Waals surface area contributed by atoms with Crippen LogP contribution >= 0.6 is 11.8 Å². The summed E-state index contributed by atoms with van der Waals surface area (Å²) in [7, 11) is 0. The molecule has 3 aromatic heterocycles. The lowest BCUT2D eigenvalue weighted by atomic mass is 10.1. The van der Waals surface area contributed by atoms with Gasteiger partial charge in [-0.05, 0) is 6.42 Å². The Morgan fingerprint density at radius 1 is 1.09 bits per heavy atom. The van der Waals surface area contributed by atoms with Gasteiger partial charge in [-0.2, -0.15) is 4.98 Å². The topological polar surface area (TPSA) is 296 Å². The number of aliphatic carboxylic acids is 1. The maximum absolute atomic E-state index is 12.5. The highest BCUT2D eigenvalue weighted by Gasteiger charge is 2.45. The summed E-state index contributed by atoms with van der Waals surface area (Å²) in [5.74, 6) is -0.628. The molecular formula is C25H36N10O9S. The molecule has 2 aliphatic heterocycles. The molecule has 0 aromatic carbocycles. The molecule has 45 heavy (non-hydrogen) atoms. The van der Waals surface area contributed by atoms with Gasteiger partial charge in [0.2, 0.25) is 0 Å². The van der Waals surface area contributed by atoms with Crippen LogP contribution in [0.5, 0.6) is 0 Å². The molecule has 11 N–H and O–H groups in total. The molecule has 5 rings (SSSR count). The Kier molecular flexibility index (Phi) is 10.2. The van der Waals surface area contributed by atoms with Crippen LogP contribution in [-0.4, -0.2) is 134 Å². The van der Waals surface area contributed by atoms with Crippen LogP contribution in [0, 0.1) is 0 Å². The van der Waals surface area contributed by atoms with Gasteiger partial charge in [-0.3, -0.25) is 18.8 Å². The van der Waals surface area contributed by atoms with E-state index in [-0.39, 0.29) is 37.6 Å². The van der Waals surface area contributed by atoms with Crippen LogP contribution in [0.15, 0.2) is 28.5 Å². The van der Waals surface area contributed by atoms with Crippen LogP contribution < -0.4 is 22.9 Å². The van der Waals surface area contributed by atoms with E-state index in [2.05, 4.69) is 19.9 Å². The second-order valence-electron chi connectivity index (χ2n) is 10.8. The van der Waals surface area contributed by atoms with Crippen molar-refractivity contribution < 1.29 is 39.8 Å². The number of ether oxygens (including phenoxy) is 2. The molecule has 3 aromatic rings. The second kappa shape index (κ2) is 13.9. The van der Waals surface area contributed by atoms with E-state index in [0.29, 0.717) is 28.4 Å². The van der Waals surface area contributed by atoms with Gasteiger partial charge >= 0.3 is 11.7 Å². The normalized spacial score (nSPS) is 27.5. The maximum atomic E-state index is 12.5. The first-order chi connectivity index (χ1) is 21.5. The third-order valence-corrected chi connectivity index (χ3v) is 8.83. The smallest absolute Gasteiger partial charge is 0.351 e. The number of carboxylic acid groups (broad SMARTS) is 1. The largest absolute Gasteiger partial charge is 0.480 e. The number of hydrogen-bond acceptors (Lipinski definition) is 17. The van der Waals surface area contributed by atoms with Crippen molar-refractivity contribution in [1.82, 2.24) is 34.0 Å². The maximum Gasteiger partial charge on any atom is 0.351 e. The summed E-state index contributed by atoms with van der Waals surface area (Å²) in [6.45, 7) is 0.264. The summed E-state index contributed by atoms with van der Waals surface area (Å²) in [4.78, 5) is 42.3. The minimum absolute atomic E-state index is 0.00419. The van der Waals surface area contributed by atoms with Crippen molar-refractivity contribution in [1.29, 1.82) is 0 Å². The monoisotopic (exact) mass is 652 g/mol. The fourth-order valence-corrected chi connectivity index (χ4v) is 6.23. The number of anilines is 2. The van der Waals surface area contributed by atoms with Crippen LogP contribution in [0.2, 0.25) is 0 Å². The zero-order valence-electron chi connectivity index (χ0n) is 23.9. The van der Waals surface area contributed by atoms with Crippen molar-refractivity contribution in [3.8, 4) is 0 Å². The lowest BCUT2D eigenvalue weighted by Crippen LogP contribution is -2.43. The molecule has 2 aliphatic rings. The van der Waals surface area contributed by atoms with E-state index in [0.717, 1.165) is 0 Å². The van der Waals surface area contributed by atoms with Crippen LogP contribution in [0.4, 0.5) is 11.6 Å². The number of nitrogens with zero attached hydrogens (tertiary/aromatic N) is 7. The van der Waals surface area contributed by atoms with Gasteiger partial charge in [-0.25, -0.2) is 19.7 Å². The highest BCUT2D eigenvalue weighted by atomic mass is 32.2. The molecule has 19 nitrogen and oxygen atoms in total. The number of aromatic nitrogens is 6. The molecule has 246 valence electrons. The number of fused-ring (bicyclic) bond motifs is 1. The quantitative estimate of drug-likeness (QED) is 0.0839. The van der Waals surface area contributed by atoms with Gasteiger partial charge in [0.05, 0.1) is 23.9 Å². The number of nitrogens with two attached hydrogens (primary N) is 3. The van der Waals surface area contributed by atoms with Crippen LogP contribution in [0.1, 0.15) is 25.3 Å². The average Bonchev–Trinajstić information content (AvgIpc) is 3.68. The number of hydrogen-bond donors (Lipinski definition) is 8. The molecule has 0 spiro atoms. The van der Waals surface area contributed by atoms with E-state index in [9.17, 15) is 35.1 Å². The number of aliphatic hydroxyl groups is 4. The SMILES string of the molecule is Nc1nc(=O)n([C@H]2C[C@H](O)[C@@H](CO)O2)cc1SCCN(CC[C@H](N)C(=O)O)C[C@H]1O[C@@H](n2cnc3c(N)ncnc32)[C@H](O)[C@@H]1O. The number of aliphatic hydroxyl groups excluding tert-OH is 4. The Hall–Kier alpha value is -3.47. The van der Waals surface area contributed by atoms with Gasteiger partial charge in [0.1, 0.15) is 54.3 Å². The van der Waals surface area contributed by atoms with Crippen molar-refractivity contribution in [2.45, 2.75) is 66.8 Å². The standard InChI is InChI=1S/C25H36N10O9S/c26-11(24(40)41)1-2-33(3-4-45-15-7-34(25(42)32-20(15)27)16-5-12(37)14(8-36)43-16)6-13-18(38)19(39)23(44-13)35-10-31-17-21(28)29-9-30-22(17)35/h7,9-14,16,18-19,23,36-39H,1-6,8,26H2,(H,40,41)(H2,27,32,42)(H2,28,29,30)/t11-,12-,13+,14+,16+,18+,19+,23+/m0/s1. The van der Waals surface area contributed by atoms with Gasteiger partial charge in [0, 0.05) is 38.0 Å². The van der Waals surface area contributed by atoms with E-state index >= 15 is 0 Å². The molecule has 2 saturated heterocycles. The van der Waals surface area contributed by atoms with E-state index in [1.165, 1.54) is 39.7 Å².